The van der Waals surface area contributed by atoms with Crippen molar-refractivity contribution in [3.63, 3.8) is 0 Å². The van der Waals surface area contributed by atoms with E-state index in [0.29, 0.717) is 36.2 Å². The van der Waals surface area contributed by atoms with Crippen molar-refractivity contribution in [2.24, 2.45) is 17.8 Å². The molecule has 0 radical (unpaired) electrons. The van der Waals surface area contributed by atoms with Crippen molar-refractivity contribution in [1.29, 1.82) is 0 Å². The summed E-state index contributed by atoms with van der Waals surface area (Å²) in [5.74, 6) is -3.25. The molecule has 0 unspecified atom stereocenters. The molecule has 0 spiro atoms. The summed E-state index contributed by atoms with van der Waals surface area (Å²) in [6.07, 6.45) is -0.356. The van der Waals surface area contributed by atoms with E-state index in [1.54, 1.807) is 11.9 Å². The molecule has 4 aliphatic rings. The zero-order valence-electron chi connectivity index (χ0n) is 31.0. The van der Waals surface area contributed by atoms with E-state index >= 15 is 0 Å². The summed E-state index contributed by atoms with van der Waals surface area (Å²) in [7, 11) is 1.68. The number of hydrogen-bond donors (Lipinski definition) is 3. The summed E-state index contributed by atoms with van der Waals surface area (Å²) < 4.78 is 44.7. The first-order valence-corrected chi connectivity index (χ1v) is 19.1. The van der Waals surface area contributed by atoms with E-state index in [2.05, 4.69) is 30.5 Å². The van der Waals surface area contributed by atoms with Crippen LogP contribution in [-0.4, -0.2) is 103 Å². The predicted octanol–water partition coefficient (Wildman–Crippen LogP) is 4.01. The number of carboxylic acids is 1. The maximum Gasteiger partial charge on any atom is 0.419 e. The second kappa shape index (κ2) is 16.7. The molecule has 2 aromatic rings. The molecule has 18 heteroatoms. The van der Waals surface area contributed by atoms with Crippen molar-refractivity contribution in [3.05, 3.63) is 39.9 Å². The highest BCUT2D eigenvalue weighted by molar-refractivity contribution is 7.09. The number of likely N-dealkylation sites (N-methyl/N-ethyl adjacent to an activating group) is 1. The number of nitrogens with zero attached hydrogens (tertiary/aromatic N) is 5. The number of alkyl halides is 3. The monoisotopic (exact) mass is 779 g/mol. The number of nitrogens with one attached hydrogen (secondary N) is 2. The van der Waals surface area contributed by atoms with Gasteiger partial charge in [-0.2, -0.15) is 13.2 Å². The number of piperidine rings is 3. The van der Waals surface area contributed by atoms with Crippen molar-refractivity contribution in [1.82, 2.24) is 35.4 Å². The number of carboxylic acid groups (broad SMARTS) is 1. The van der Waals surface area contributed by atoms with Crippen LogP contribution in [0.3, 0.4) is 0 Å². The van der Waals surface area contributed by atoms with Crippen LogP contribution in [0.2, 0.25) is 0 Å². The van der Waals surface area contributed by atoms with Gasteiger partial charge in [-0.25, -0.2) is 15.0 Å². The van der Waals surface area contributed by atoms with Gasteiger partial charge in [-0.3, -0.25) is 28.9 Å². The van der Waals surface area contributed by atoms with Crippen LogP contribution in [0.15, 0.2) is 17.8 Å². The van der Waals surface area contributed by atoms with E-state index in [1.165, 1.54) is 19.2 Å². The first kappa shape index (κ1) is 41.0. The summed E-state index contributed by atoms with van der Waals surface area (Å²) >= 11 is 1.06. The van der Waals surface area contributed by atoms with Gasteiger partial charge in [-0.15, -0.1) is 11.3 Å². The Morgan fingerprint density at radius 1 is 1.09 bits per heavy atom. The van der Waals surface area contributed by atoms with E-state index in [4.69, 9.17) is 4.74 Å². The summed E-state index contributed by atoms with van der Waals surface area (Å²) in [6.45, 7) is 8.32. The van der Waals surface area contributed by atoms with E-state index in [1.807, 2.05) is 13.8 Å². The van der Waals surface area contributed by atoms with Gasteiger partial charge in [-0.05, 0) is 63.5 Å². The first-order valence-electron chi connectivity index (χ1n) is 18.2. The number of ether oxygens (including phenoxy) is 1. The normalized spacial score (nSPS) is 22.4. The predicted molar refractivity (Wildman–Crippen MR) is 189 cm³/mol. The van der Waals surface area contributed by atoms with Crippen LogP contribution >= 0.6 is 11.3 Å². The van der Waals surface area contributed by atoms with Crippen molar-refractivity contribution in [2.45, 2.75) is 115 Å². The van der Waals surface area contributed by atoms with E-state index in [-0.39, 0.29) is 54.6 Å². The number of rotatable bonds is 16. The number of aliphatic carboxylic acids is 1. The Morgan fingerprint density at radius 2 is 1.74 bits per heavy atom. The largest absolute Gasteiger partial charge is 0.481 e. The highest BCUT2D eigenvalue weighted by Crippen LogP contribution is 2.40. The van der Waals surface area contributed by atoms with E-state index in [9.17, 15) is 42.3 Å². The molecular weight excluding hydrogens is 731 g/mol. The number of hydrogen-bond acceptors (Lipinski definition) is 11. The Labute approximate surface area is 315 Å². The molecule has 2 bridgehead atoms. The van der Waals surface area contributed by atoms with Gasteiger partial charge in [0.2, 0.25) is 11.8 Å². The van der Waals surface area contributed by atoms with Crippen molar-refractivity contribution in [3.8, 4) is 0 Å². The second-order valence-electron chi connectivity index (χ2n) is 15.2. The first-order chi connectivity index (χ1) is 25.4. The van der Waals surface area contributed by atoms with Gasteiger partial charge in [0.25, 0.3) is 5.91 Å². The standard InChI is InChI=1S/C36H48F3N7O7S/c1-19(2)26(45(5)34(52)35(8-9-35)44-31(49)27-13-22-6-10-46(27)11-7-22)15-28(53-21(4)47)32-43-25(18-54-32)30(48)42-24(12-20(3)33(50)51)14-29-40-16-23(17-41-29)36(37,38)39/h16-20,22,24,26-28H,6-15H2,1-5H3,(H,42,48)(H,44,49)(H,50,51)/t20-,24+,26+,27+,28+/m0/s1. The number of carbonyl (C=O) groups excluding carboxylic acids is 4. The quantitative estimate of drug-likeness (QED) is 0.209. The molecule has 14 nitrogen and oxygen atoms in total. The fourth-order valence-electron chi connectivity index (χ4n) is 7.41. The lowest BCUT2D eigenvalue weighted by Gasteiger charge is -2.45. The van der Waals surface area contributed by atoms with Crippen LogP contribution in [0.5, 0.6) is 0 Å². The average molecular weight is 780 g/mol. The molecule has 5 heterocycles. The number of halogens is 3. The summed E-state index contributed by atoms with van der Waals surface area (Å²) in [5, 5.41) is 17.0. The van der Waals surface area contributed by atoms with Gasteiger partial charge in [0.15, 0.2) is 6.10 Å². The van der Waals surface area contributed by atoms with Gasteiger partial charge < -0.3 is 25.4 Å². The molecule has 1 saturated carbocycles. The zero-order chi connectivity index (χ0) is 39.5. The molecule has 4 fully saturated rings. The van der Waals surface area contributed by atoms with Crippen LogP contribution in [0.1, 0.15) is 106 Å². The number of carbonyl (C=O) groups is 5. The van der Waals surface area contributed by atoms with Crippen LogP contribution in [0, 0.1) is 17.8 Å². The molecule has 3 aliphatic heterocycles. The van der Waals surface area contributed by atoms with Gasteiger partial charge in [0, 0.05) is 56.7 Å². The lowest BCUT2D eigenvalue weighted by atomic mass is 9.83. The third-order valence-corrected chi connectivity index (χ3v) is 11.6. The Kier molecular flexibility index (Phi) is 12.7. The maximum atomic E-state index is 14.0. The van der Waals surface area contributed by atoms with Crippen molar-refractivity contribution >= 4 is 41.0 Å². The smallest absolute Gasteiger partial charge is 0.419 e. The van der Waals surface area contributed by atoms with Crippen LogP contribution < -0.4 is 10.6 Å². The van der Waals surface area contributed by atoms with E-state index < -0.39 is 59.2 Å². The summed E-state index contributed by atoms with van der Waals surface area (Å²) in [5.41, 5.74) is -2.08. The van der Waals surface area contributed by atoms with Crippen molar-refractivity contribution in [2.75, 3.05) is 20.1 Å². The molecule has 1 aliphatic carbocycles. The minimum absolute atomic E-state index is 0.0236. The topological polar surface area (TPSA) is 184 Å². The van der Waals surface area contributed by atoms with Gasteiger partial charge >= 0.3 is 18.1 Å². The molecule has 296 valence electrons. The van der Waals surface area contributed by atoms with E-state index in [0.717, 1.165) is 43.7 Å². The number of aromatic nitrogens is 3. The minimum Gasteiger partial charge on any atom is -0.481 e. The highest BCUT2D eigenvalue weighted by atomic mass is 32.1. The van der Waals surface area contributed by atoms with Crippen LogP contribution in [0.25, 0.3) is 0 Å². The Balaban J connectivity index is 1.27. The molecule has 3 saturated heterocycles. The average Bonchev–Trinajstić information content (AvgIpc) is 3.72. The fourth-order valence-corrected chi connectivity index (χ4v) is 8.25. The molecule has 6 rings (SSSR count). The molecular formula is C36H48F3N7O7S. The summed E-state index contributed by atoms with van der Waals surface area (Å²) in [6, 6.07) is -1.55. The van der Waals surface area contributed by atoms with Crippen LogP contribution in [-0.2, 0) is 36.5 Å². The lowest BCUT2D eigenvalue weighted by molar-refractivity contribution is -0.149. The Morgan fingerprint density at radius 3 is 2.26 bits per heavy atom. The number of thiazole rings is 1. The number of amides is 3. The van der Waals surface area contributed by atoms with Crippen LogP contribution in [0.4, 0.5) is 13.2 Å². The summed E-state index contributed by atoms with van der Waals surface area (Å²) in [4.78, 5) is 80.6. The molecule has 54 heavy (non-hydrogen) atoms. The Hall–Kier alpha value is -4.19. The zero-order valence-corrected chi connectivity index (χ0v) is 31.8. The molecule has 2 aromatic heterocycles. The SMILES string of the molecule is CC(=O)O[C@H](C[C@H](C(C)C)N(C)C(=O)C1(NC(=O)[C@H]2CC3CCN2CC3)CC1)c1nc(C(=O)N[C@@H](Cc2ncc(C(F)(F)F)cn2)C[C@H](C)C(=O)O)cs1. The highest BCUT2D eigenvalue weighted by Gasteiger charge is 2.55. The molecule has 0 aromatic carbocycles. The fraction of sp³-hybridized carbons (Fsp3) is 0.667. The lowest BCUT2D eigenvalue weighted by Crippen LogP contribution is -2.60. The number of fused-ring (bicyclic) bond motifs is 3. The number of esters is 1. The second-order valence-corrected chi connectivity index (χ2v) is 16.1. The molecule has 3 N–H and O–H groups in total. The molecule has 3 amide bonds. The third kappa shape index (κ3) is 9.91. The maximum absolute atomic E-state index is 14.0. The Bertz CT molecular complexity index is 1690. The third-order valence-electron chi connectivity index (χ3n) is 10.7. The van der Waals surface area contributed by atoms with Gasteiger partial charge in [-0.1, -0.05) is 20.8 Å². The minimum atomic E-state index is -4.64. The molecule has 5 atom stereocenters. The van der Waals surface area contributed by atoms with Gasteiger partial charge in [0.05, 0.1) is 17.5 Å². The van der Waals surface area contributed by atoms with Crippen molar-refractivity contribution < 1.29 is 47.0 Å². The van der Waals surface area contributed by atoms with Gasteiger partial charge in [0.1, 0.15) is 22.1 Å².